The standard InChI is InChI=1S/C22H20BN3O2/c1-11-20(12(2)28-25-11)14-7-17-16-6-5-15(23)9-19(16)26(10-13-3-4-13)21(17)18(8-14)22(24)27/h5-9,13H,3-4,10H2,1-2H3,(H2,24,27). The molecule has 1 amide bonds. The molecule has 0 bridgehead atoms. The number of hydrogen-bond acceptors (Lipinski definition) is 3. The molecular formula is C22H20BN3O2. The summed E-state index contributed by atoms with van der Waals surface area (Å²) in [6.07, 6.45) is 2.43. The molecule has 2 heterocycles. The molecule has 4 aromatic rings. The van der Waals surface area contributed by atoms with Crippen molar-refractivity contribution in [1.29, 1.82) is 0 Å². The zero-order valence-corrected chi connectivity index (χ0v) is 16.0. The molecule has 2 N–H and O–H groups in total. The fourth-order valence-electron chi connectivity index (χ4n) is 4.23. The number of carbonyl (C=O) groups is 1. The summed E-state index contributed by atoms with van der Waals surface area (Å²) in [5.41, 5.74) is 11.6. The summed E-state index contributed by atoms with van der Waals surface area (Å²) in [6, 6.07) is 9.88. The normalized spacial score (nSPS) is 14.2. The molecule has 1 saturated carbocycles. The van der Waals surface area contributed by atoms with Gasteiger partial charge in [-0.15, -0.1) is 0 Å². The first kappa shape index (κ1) is 17.1. The Bertz CT molecular complexity index is 1240. The summed E-state index contributed by atoms with van der Waals surface area (Å²) in [4.78, 5) is 12.4. The average molecular weight is 369 g/mol. The summed E-state index contributed by atoms with van der Waals surface area (Å²) >= 11 is 0. The minimum Gasteiger partial charge on any atom is -0.366 e. The quantitative estimate of drug-likeness (QED) is 0.561. The van der Waals surface area contributed by atoms with Crippen LogP contribution in [0.5, 0.6) is 0 Å². The average Bonchev–Trinajstić information content (AvgIpc) is 3.35. The third-order valence-electron chi connectivity index (χ3n) is 5.71. The number of hydrogen-bond donors (Lipinski definition) is 1. The van der Waals surface area contributed by atoms with Gasteiger partial charge in [0.1, 0.15) is 13.6 Å². The largest absolute Gasteiger partial charge is 0.366 e. The van der Waals surface area contributed by atoms with Crippen molar-refractivity contribution in [3.8, 4) is 11.1 Å². The maximum atomic E-state index is 12.4. The Morgan fingerprint density at radius 1 is 1.25 bits per heavy atom. The molecule has 0 atom stereocenters. The summed E-state index contributed by atoms with van der Waals surface area (Å²) in [5, 5.41) is 6.13. The van der Waals surface area contributed by atoms with Crippen LogP contribution in [0, 0.1) is 19.8 Å². The van der Waals surface area contributed by atoms with E-state index in [1.54, 1.807) is 0 Å². The third kappa shape index (κ3) is 2.55. The second kappa shape index (κ2) is 5.99. The van der Waals surface area contributed by atoms with Crippen LogP contribution in [0.2, 0.25) is 0 Å². The predicted molar refractivity (Wildman–Crippen MR) is 111 cm³/mol. The van der Waals surface area contributed by atoms with Crippen LogP contribution in [0.25, 0.3) is 32.9 Å². The molecule has 138 valence electrons. The summed E-state index contributed by atoms with van der Waals surface area (Å²) in [5.74, 6) is 0.924. The second-order valence-electron chi connectivity index (χ2n) is 7.81. The monoisotopic (exact) mass is 369 g/mol. The molecule has 2 radical (unpaired) electrons. The molecule has 0 aliphatic heterocycles. The summed E-state index contributed by atoms with van der Waals surface area (Å²) < 4.78 is 7.56. The van der Waals surface area contributed by atoms with Crippen LogP contribution in [-0.4, -0.2) is 23.5 Å². The number of amides is 1. The Morgan fingerprint density at radius 2 is 2.04 bits per heavy atom. The van der Waals surface area contributed by atoms with Gasteiger partial charge in [-0.1, -0.05) is 22.8 Å². The smallest absolute Gasteiger partial charge is 0.250 e. The Kier molecular flexibility index (Phi) is 3.66. The van der Waals surface area contributed by atoms with Gasteiger partial charge in [-0.05, 0) is 56.4 Å². The van der Waals surface area contributed by atoms with Gasteiger partial charge in [0.2, 0.25) is 0 Å². The highest BCUT2D eigenvalue weighted by Gasteiger charge is 2.26. The van der Waals surface area contributed by atoms with E-state index in [1.807, 2.05) is 38.1 Å². The molecule has 5 nitrogen and oxygen atoms in total. The molecule has 0 saturated heterocycles. The van der Waals surface area contributed by atoms with Crippen LogP contribution in [0.1, 0.15) is 34.7 Å². The predicted octanol–water partition coefficient (Wildman–Crippen LogP) is 3.37. The Labute approximate surface area is 163 Å². The van der Waals surface area contributed by atoms with E-state index in [0.717, 1.165) is 50.9 Å². The van der Waals surface area contributed by atoms with E-state index in [9.17, 15) is 4.79 Å². The van der Waals surface area contributed by atoms with Crippen molar-refractivity contribution in [2.24, 2.45) is 11.7 Å². The molecule has 0 spiro atoms. The molecule has 5 rings (SSSR count). The molecule has 28 heavy (non-hydrogen) atoms. The number of aromatic nitrogens is 2. The maximum absolute atomic E-state index is 12.4. The minimum atomic E-state index is -0.438. The first-order valence-corrected chi connectivity index (χ1v) is 9.52. The first-order valence-electron chi connectivity index (χ1n) is 9.52. The van der Waals surface area contributed by atoms with Crippen molar-refractivity contribution in [1.82, 2.24) is 9.72 Å². The van der Waals surface area contributed by atoms with E-state index in [2.05, 4.69) is 15.8 Å². The van der Waals surface area contributed by atoms with E-state index in [-0.39, 0.29) is 0 Å². The van der Waals surface area contributed by atoms with Gasteiger partial charge in [0.15, 0.2) is 0 Å². The number of primary amides is 1. The van der Waals surface area contributed by atoms with E-state index in [4.69, 9.17) is 18.1 Å². The van der Waals surface area contributed by atoms with E-state index >= 15 is 0 Å². The van der Waals surface area contributed by atoms with Crippen LogP contribution in [0.3, 0.4) is 0 Å². The summed E-state index contributed by atoms with van der Waals surface area (Å²) in [6.45, 7) is 4.64. The van der Waals surface area contributed by atoms with Gasteiger partial charge in [0.25, 0.3) is 5.91 Å². The van der Waals surface area contributed by atoms with Crippen molar-refractivity contribution in [3.63, 3.8) is 0 Å². The zero-order chi connectivity index (χ0) is 19.6. The lowest BCUT2D eigenvalue weighted by Gasteiger charge is -2.11. The van der Waals surface area contributed by atoms with Gasteiger partial charge in [0, 0.05) is 28.4 Å². The van der Waals surface area contributed by atoms with Crippen LogP contribution in [0.4, 0.5) is 0 Å². The van der Waals surface area contributed by atoms with Gasteiger partial charge in [0.05, 0.1) is 16.8 Å². The van der Waals surface area contributed by atoms with Crippen molar-refractivity contribution in [2.75, 3.05) is 0 Å². The summed E-state index contributed by atoms with van der Waals surface area (Å²) in [7, 11) is 6.08. The molecule has 1 aliphatic rings. The number of benzene rings is 2. The topological polar surface area (TPSA) is 74.1 Å². The number of nitrogens with two attached hydrogens (primary N) is 1. The molecule has 1 fully saturated rings. The van der Waals surface area contributed by atoms with Gasteiger partial charge >= 0.3 is 0 Å². The van der Waals surface area contributed by atoms with Crippen LogP contribution in [0.15, 0.2) is 34.9 Å². The van der Waals surface area contributed by atoms with Gasteiger partial charge in [-0.2, -0.15) is 0 Å². The van der Waals surface area contributed by atoms with Gasteiger partial charge in [-0.25, -0.2) is 0 Å². The number of fused-ring (bicyclic) bond motifs is 3. The lowest BCUT2D eigenvalue weighted by Crippen LogP contribution is -2.14. The SMILES string of the molecule is [B]c1ccc2c3cc(-c4c(C)noc4C)cc(C(N)=O)c3n(CC3CC3)c2c1. The first-order chi connectivity index (χ1) is 13.4. The molecule has 2 aromatic heterocycles. The maximum Gasteiger partial charge on any atom is 0.250 e. The van der Waals surface area contributed by atoms with Crippen LogP contribution in [-0.2, 0) is 6.54 Å². The number of carbonyl (C=O) groups excluding carboxylic acids is 1. The number of rotatable bonds is 4. The Hall–Kier alpha value is -3.02. The molecule has 1 aliphatic carbocycles. The van der Waals surface area contributed by atoms with Crippen LogP contribution >= 0.6 is 0 Å². The number of aryl methyl sites for hydroxylation is 2. The van der Waals surface area contributed by atoms with Crippen molar-refractivity contribution >= 4 is 41.0 Å². The fraction of sp³-hybridized carbons (Fsp3) is 0.273. The highest BCUT2D eigenvalue weighted by atomic mass is 16.5. The van der Waals surface area contributed by atoms with E-state index < -0.39 is 5.91 Å². The highest BCUT2D eigenvalue weighted by Crippen LogP contribution is 2.39. The zero-order valence-electron chi connectivity index (χ0n) is 16.0. The van der Waals surface area contributed by atoms with Crippen molar-refractivity contribution in [2.45, 2.75) is 33.2 Å². The molecule has 6 heteroatoms. The molecular weight excluding hydrogens is 349 g/mol. The third-order valence-corrected chi connectivity index (χ3v) is 5.71. The van der Waals surface area contributed by atoms with Gasteiger partial charge < -0.3 is 14.8 Å². The fourth-order valence-corrected chi connectivity index (χ4v) is 4.23. The Morgan fingerprint density at radius 3 is 2.68 bits per heavy atom. The van der Waals surface area contributed by atoms with Gasteiger partial charge in [-0.3, -0.25) is 4.79 Å². The lowest BCUT2D eigenvalue weighted by molar-refractivity contribution is 0.100. The molecule has 0 unspecified atom stereocenters. The van der Waals surface area contributed by atoms with E-state index in [0.29, 0.717) is 16.9 Å². The lowest BCUT2D eigenvalue weighted by atomic mass is 9.94. The van der Waals surface area contributed by atoms with Crippen molar-refractivity contribution in [3.05, 3.63) is 47.3 Å². The minimum absolute atomic E-state index is 0.438. The van der Waals surface area contributed by atoms with Crippen LogP contribution < -0.4 is 11.2 Å². The van der Waals surface area contributed by atoms with E-state index in [1.165, 1.54) is 12.8 Å². The second-order valence-corrected chi connectivity index (χ2v) is 7.81. The Balaban J connectivity index is 1.91. The number of nitrogens with zero attached hydrogens (tertiary/aromatic N) is 2. The highest BCUT2D eigenvalue weighted by molar-refractivity contribution is 6.33. The van der Waals surface area contributed by atoms with Crippen molar-refractivity contribution < 1.29 is 9.32 Å². The molecule has 2 aromatic carbocycles.